The van der Waals surface area contributed by atoms with Gasteiger partial charge in [-0.05, 0) is 29.2 Å². The van der Waals surface area contributed by atoms with Crippen molar-refractivity contribution in [2.75, 3.05) is 46.4 Å². The molecular weight excluding hydrogens is 447 g/mol. The Kier molecular flexibility index (Phi) is 11.8. The summed E-state index contributed by atoms with van der Waals surface area (Å²) in [6.45, 7) is 12.4. The van der Waals surface area contributed by atoms with Crippen molar-refractivity contribution in [2.24, 2.45) is 0 Å². The van der Waals surface area contributed by atoms with Crippen LogP contribution >= 0.6 is 24.8 Å². The number of rotatable bonds is 8. The van der Waals surface area contributed by atoms with Gasteiger partial charge in [0.25, 0.3) is 0 Å². The molecule has 1 N–H and O–H groups in total. The third-order valence-electron chi connectivity index (χ3n) is 5.61. The predicted octanol–water partition coefficient (Wildman–Crippen LogP) is 4.39. The fourth-order valence-corrected chi connectivity index (χ4v) is 3.86. The second-order valence-electron chi connectivity index (χ2n) is 9.14. The van der Waals surface area contributed by atoms with Crippen LogP contribution in [0, 0.1) is 0 Å². The van der Waals surface area contributed by atoms with Crippen LogP contribution in [0.3, 0.4) is 0 Å². The summed E-state index contributed by atoms with van der Waals surface area (Å²) in [7, 11) is 1.67. The Balaban J connectivity index is 0.00000256. The Bertz CT molecular complexity index is 792. The Labute approximate surface area is 205 Å². The first kappa shape index (κ1) is 28.5. The third kappa shape index (κ3) is 8.45. The largest absolute Gasteiger partial charge is 0.497 e. The summed E-state index contributed by atoms with van der Waals surface area (Å²) in [4.78, 5) is 4.80. The number of hydrogen-bond acceptors (Lipinski definition) is 5. The molecule has 0 saturated carbocycles. The predicted molar refractivity (Wildman–Crippen MR) is 136 cm³/mol. The van der Waals surface area contributed by atoms with Crippen molar-refractivity contribution in [3.63, 3.8) is 0 Å². The molecule has 0 aliphatic carbocycles. The molecule has 0 amide bonds. The van der Waals surface area contributed by atoms with Crippen molar-refractivity contribution in [2.45, 2.75) is 38.8 Å². The molecule has 0 bridgehead atoms. The maximum Gasteiger partial charge on any atom is 0.123 e. The second-order valence-corrected chi connectivity index (χ2v) is 9.14. The molecule has 5 nitrogen and oxygen atoms in total. The van der Waals surface area contributed by atoms with Gasteiger partial charge in [-0.25, -0.2) is 0 Å². The topological polar surface area (TPSA) is 45.2 Å². The fourth-order valence-electron chi connectivity index (χ4n) is 3.86. The number of nitrogens with zero attached hydrogens (tertiary/aromatic N) is 2. The lowest BCUT2D eigenvalue weighted by Gasteiger charge is -2.35. The van der Waals surface area contributed by atoms with Gasteiger partial charge in [0.05, 0.1) is 7.11 Å². The van der Waals surface area contributed by atoms with Crippen LogP contribution < -0.4 is 9.47 Å². The molecule has 1 aliphatic rings. The van der Waals surface area contributed by atoms with Gasteiger partial charge in [0.15, 0.2) is 0 Å². The molecular formula is C25H38Cl2N2O3. The van der Waals surface area contributed by atoms with Gasteiger partial charge in [-0.15, -0.1) is 24.8 Å². The molecule has 1 saturated heterocycles. The van der Waals surface area contributed by atoms with E-state index in [0.717, 1.165) is 49.8 Å². The van der Waals surface area contributed by atoms with Gasteiger partial charge in [0.2, 0.25) is 0 Å². The van der Waals surface area contributed by atoms with Crippen LogP contribution in [0.15, 0.2) is 48.5 Å². The zero-order valence-electron chi connectivity index (χ0n) is 19.6. The molecule has 1 unspecified atom stereocenters. The summed E-state index contributed by atoms with van der Waals surface area (Å²) in [5.74, 6) is 1.64. The molecule has 32 heavy (non-hydrogen) atoms. The zero-order valence-corrected chi connectivity index (χ0v) is 21.3. The minimum Gasteiger partial charge on any atom is -0.497 e. The van der Waals surface area contributed by atoms with Crippen LogP contribution in [0.1, 0.15) is 31.9 Å². The molecule has 2 aromatic rings. The summed E-state index contributed by atoms with van der Waals surface area (Å²) in [6.07, 6.45) is -0.513. The van der Waals surface area contributed by atoms with Gasteiger partial charge in [-0.3, -0.25) is 9.80 Å². The first-order chi connectivity index (χ1) is 14.3. The fraction of sp³-hybridized carbons (Fsp3) is 0.520. The van der Waals surface area contributed by atoms with Crippen LogP contribution in [-0.4, -0.2) is 67.5 Å². The molecule has 0 radical (unpaired) electrons. The maximum atomic E-state index is 10.6. The van der Waals surface area contributed by atoms with E-state index in [9.17, 15) is 5.11 Å². The number of methoxy groups -OCH3 is 1. The maximum absolute atomic E-state index is 10.6. The van der Waals surface area contributed by atoms with Gasteiger partial charge >= 0.3 is 0 Å². The molecule has 0 aromatic heterocycles. The molecule has 3 rings (SSSR count). The number of benzene rings is 2. The van der Waals surface area contributed by atoms with E-state index in [1.54, 1.807) is 7.11 Å². The Hall–Kier alpha value is -1.50. The molecule has 1 fully saturated rings. The van der Waals surface area contributed by atoms with Crippen LogP contribution in [-0.2, 0) is 12.0 Å². The van der Waals surface area contributed by atoms with Crippen LogP contribution in [0.4, 0.5) is 0 Å². The standard InChI is InChI=1S/C25H36N2O3.2ClH/c1-25(2,3)23-16-22(29-4)10-11-24(23)30-19-21(28)18-27-14-12-26(13-15-27)17-20-8-6-5-7-9-20;;/h5-11,16,21,28H,12-15,17-19H2,1-4H3;2*1H. The van der Waals surface area contributed by atoms with E-state index in [4.69, 9.17) is 9.47 Å². The first-order valence-corrected chi connectivity index (χ1v) is 10.8. The van der Waals surface area contributed by atoms with E-state index in [1.165, 1.54) is 5.56 Å². The average molecular weight is 485 g/mol. The van der Waals surface area contributed by atoms with Crippen LogP contribution in [0.2, 0.25) is 0 Å². The summed E-state index contributed by atoms with van der Waals surface area (Å²) in [5.41, 5.74) is 2.38. The van der Waals surface area contributed by atoms with Crippen molar-refractivity contribution < 1.29 is 14.6 Å². The summed E-state index contributed by atoms with van der Waals surface area (Å²) >= 11 is 0. The van der Waals surface area contributed by atoms with Gasteiger partial charge in [-0.2, -0.15) is 0 Å². The van der Waals surface area contributed by atoms with Crippen molar-refractivity contribution in [3.05, 3.63) is 59.7 Å². The summed E-state index contributed by atoms with van der Waals surface area (Å²) < 4.78 is 11.4. The van der Waals surface area contributed by atoms with Crippen LogP contribution in [0.25, 0.3) is 0 Å². The molecule has 1 aliphatic heterocycles. The number of piperazine rings is 1. The monoisotopic (exact) mass is 484 g/mol. The average Bonchev–Trinajstić information content (AvgIpc) is 2.73. The summed E-state index contributed by atoms with van der Waals surface area (Å²) in [6, 6.07) is 16.5. The third-order valence-corrected chi connectivity index (χ3v) is 5.61. The van der Waals surface area contributed by atoms with Gasteiger partial charge in [0.1, 0.15) is 24.2 Å². The lowest BCUT2D eigenvalue weighted by atomic mass is 9.86. The molecule has 0 spiro atoms. The lowest BCUT2D eigenvalue weighted by molar-refractivity contribution is 0.0442. The summed E-state index contributed by atoms with van der Waals surface area (Å²) in [5, 5.41) is 10.6. The van der Waals surface area contributed by atoms with E-state index in [-0.39, 0.29) is 30.2 Å². The van der Waals surface area contributed by atoms with E-state index in [1.807, 2.05) is 18.2 Å². The highest BCUT2D eigenvalue weighted by Gasteiger charge is 2.22. The highest BCUT2D eigenvalue weighted by Crippen LogP contribution is 2.34. The normalized spacial score (nSPS) is 15.9. The zero-order chi connectivity index (χ0) is 21.6. The molecule has 1 atom stereocenters. The highest BCUT2D eigenvalue weighted by atomic mass is 35.5. The smallest absolute Gasteiger partial charge is 0.123 e. The lowest BCUT2D eigenvalue weighted by Crippen LogP contribution is -2.48. The van der Waals surface area contributed by atoms with Crippen molar-refractivity contribution in [1.29, 1.82) is 0 Å². The van der Waals surface area contributed by atoms with E-state index >= 15 is 0 Å². The van der Waals surface area contributed by atoms with Gasteiger partial charge in [-0.1, -0.05) is 51.1 Å². The minimum absolute atomic E-state index is 0. The van der Waals surface area contributed by atoms with Crippen LogP contribution in [0.5, 0.6) is 11.5 Å². The SMILES string of the molecule is COc1ccc(OCC(O)CN2CCN(Cc3ccccc3)CC2)c(C(C)(C)C)c1.Cl.Cl. The quantitative estimate of drug-likeness (QED) is 0.601. The van der Waals surface area contributed by atoms with Crippen molar-refractivity contribution in [1.82, 2.24) is 9.80 Å². The number of aliphatic hydroxyl groups excluding tert-OH is 1. The van der Waals surface area contributed by atoms with Gasteiger partial charge < -0.3 is 14.6 Å². The number of β-amino-alcohol motifs (C(OH)–C–C–N with tert-alkyl or cyclic N) is 1. The van der Waals surface area contributed by atoms with E-state index < -0.39 is 6.10 Å². The number of hydrogen-bond donors (Lipinski definition) is 1. The van der Waals surface area contributed by atoms with Crippen molar-refractivity contribution in [3.8, 4) is 11.5 Å². The van der Waals surface area contributed by atoms with E-state index in [0.29, 0.717) is 13.2 Å². The van der Waals surface area contributed by atoms with E-state index in [2.05, 4.69) is 60.9 Å². The molecule has 2 aromatic carbocycles. The Morgan fingerprint density at radius 2 is 1.56 bits per heavy atom. The number of halogens is 2. The Morgan fingerprint density at radius 1 is 0.938 bits per heavy atom. The van der Waals surface area contributed by atoms with Crippen molar-refractivity contribution >= 4 is 24.8 Å². The molecule has 180 valence electrons. The second kappa shape index (κ2) is 13.3. The number of aliphatic hydroxyl groups is 1. The minimum atomic E-state index is -0.513. The Morgan fingerprint density at radius 3 is 2.16 bits per heavy atom. The molecule has 1 heterocycles. The van der Waals surface area contributed by atoms with Gasteiger partial charge in [0, 0.05) is 44.8 Å². The molecule has 7 heteroatoms. The number of ether oxygens (including phenoxy) is 2. The first-order valence-electron chi connectivity index (χ1n) is 10.8. The highest BCUT2D eigenvalue weighted by molar-refractivity contribution is 5.85.